The van der Waals surface area contributed by atoms with E-state index in [2.05, 4.69) is 5.32 Å². The van der Waals surface area contributed by atoms with Gasteiger partial charge in [-0.05, 0) is 55.7 Å². The minimum atomic E-state index is -3.83. The highest BCUT2D eigenvalue weighted by atomic mass is 35.5. The van der Waals surface area contributed by atoms with Crippen molar-refractivity contribution in [3.8, 4) is 5.75 Å². The van der Waals surface area contributed by atoms with Crippen molar-refractivity contribution in [2.45, 2.75) is 39.8 Å². The number of hydrogen-bond acceptors (Lipinski definition) is 5. The van der Waals surface area contributed by atoms with Gasteiger partial charge >= 0.3 is 0 Å². The molecule has 10 heteroatoms. The van der Waals surface area contributed by atoms with Crippen molar-refractivity contribution in [3.63, 3.8) is 0 Å². The third kappa shape index (κ3) is 7.11. The third-order valence-corrected chi connectivity index (χ3v) is 6.70. The van der Waals surface area contributed by atoms with Crippen LogP contribution in [0.4, 0.5) is 5.69 Å². The maximum Gasteiger partial charge on any atom is 0.244 e. The molecule has 1 atom stereocenters. The zero-order valence-electron chi connectivity index (χ0n) is 20.2. The number of aryl methyl sites for hydroxylation is 1. The lowest BCUT2D eigenvalue weighted by molar-refractivity contribution is -0.140. The zero-order valence-corrected chi connectivity index (χ0v) is 21.7. The molecule has 0 aliphatic carbocycles. The number of carbonyl (C=O) groups excluding carboxylic acids is 2. The molecule has 0 spiro atoms. The zero-order chi connectivity index (χ0) is 25.5. The van der Waals surface area contributed by atoms with Crippen LogP contribution in [0.25, 0.3) is 0 Å². The lowest BCUT2D eigenvalue weighted by atomic mass is 10.1. The van der Waals surface area contributed by atoms with Gasteiger partial charge in [-0.25, -0.2) is 8.42 Å². The Bertz CT molecular complexity index is 1120. The van der Waals surface area contributed by atoms with Gasteiger partial charge in [0.05, 0.1) is 19.1 Å². The first kappa shape index (κ1) is 27.5. The van der Waals surface area contributed by atoms with E-state index in [0.717, 1.165) is 16.1 Å². The Kier molecular flexibility index (Phi) is 9.76. The predicted molar refractivity (Wildman–Crippen MR) is 135 cm³/mol. The molecule has 0 saturated heterocycles. The Morgan fingerprint density at radius 2 is 1.85 bits per heavy atom. The molecular formula is C24H32ClN3O5S. The fourth-order valence-corrected chi connectivity index (χ4v) is 4.69. The molecule has 0 heterocycles. The van der Waals surface area contributed by atoms with E-state index in [4.69, 9.17) is 16.3 Å². The monoisotopic (exact) mass is 509 g/mol. The molecular weight excluding hydrogens is 478 g/mol. The minimum Gasteiger partial charge on any atom is -0.497 e. The normalized spacial score (nSPS) is 12.1. The molecule has 0 saturated carbocycles. The van der Waals surface area contributed by atoms with Gasteiger partial charge in [-0.2, -0.15) is 0 Å². The van der Waals surface area contributed by atoms with Crippen LogP contribution in [0.3, 0.4) is 0 Å². The molecule has 1 N–H and O–H groups in total. The average Bonchev–Trinajstić information content (AvgIpc) is 2.78. The highest BCUT2D eigenvalue weighted by molar-refractivity contribution is 7.92. The number of halogens is 1. The van der Waals surface area contributed by atoms with Crippen LogP contribution in [0, 0.1) is 6.92 Å². The molecule has 2 aromatic carbocycles. The first-order chi connectivity index (χ1) is 16.0. The molecule has 186 valence electrons. The van der Waals surface area contributed by atoms with Crippen LogP contribution in [0.2, 0.25) is 5.02 Å². The molecule has 2 aromatic rings. The second kappa shape index (κ2) is 12.1. The van der Waals surface area contributed by atoms with Crippen LogP contribution >= 0.6 is 11.6 Å². The van der Waals surface area contributed by atoms with E-state index in [0.29, 0.717) is 35.0 Å². The molecule has 0 bridgehead atoms. The Labute approximate surface area is 206 Å². The molecule has 2 amide bonds. The number of carbonyl (C=O) groups is 2. The van der Waals surface area contributed by atoms with Crippen LogP contribution in [0.5, 0.6) is 5.75 Å². The van der Waals surface area contributed by atoms with Crippen molar-refractivity contribution < 1.29 is 22.7 Å². The molecule has 34 heavy (non-hydrogen) atoms. The van der Waals surface area contributed by atoms with E-state index in [1.165, 1.54) is 11.0 Å². The average molecular weight is 510 g/mol. The molecule has 0 aliphatic heterocycles. The van der Waals surface area contributed by atoms with Gasteiger partial charge in [-0.15, -0.1) is 0 Å². The topological polar surface area (TPSA) is 96.0 Å². The third-order valence-electron chi connectivity index (χ3n) is 5.34. The number of benzene rings is 2. The van der Waals surface area contributed by atoms with Crippen molar-refractivity contribution >= 4 is 39.1 Å². The SMILES string of the molecule is CCNC(=O)[C@@H](CC)N(Cc1cccc(OC)c1)C(=O)CN(c1cc(Cl)ccc1C)S(C)(=O)=O. The fourth-order valence-electron chi connectivity index (χ4n) is 3.63. The summed E-state index contributed by atoms with van der Waals surface area (Å²) in [5.74, 6) is -0.194. The first-order valence-corrected chi connectivity index (χ1v) is 13.2. The summed E-state index contributed by atoms with van der Waals surface area (Å²) >= 11 is 6.11. The predicted octanol–water partition coefficient (Wildman–Crippen LogP) is 3.37. The smallest absolute Gasteiger partial charge is 0.244 e. The number of hydrogen-bond donors (Lipinski definition) is 1. The molecule has 0 fully saturated rings. The van der Waals surface area contributed by atoms with Gasteiger partial charge in [-0.3, -0.25) is 13.9 Å². The van der Waals surface area contributed by atoms with Gasteiger partial charge in [0.25, 0.3) is 0 Å². The quantitative estimate of drug-likeness (QED) is 0.501. The number of anilines is 1. The number of sulfonamides is 1. The van der Waals surface area contributed by atoms with Gasteiger partial charge in [0.2, 0.25) is 21.8 Å². The van der Waals surface area contributed by atoms with E-state index in [9.17, 15) is 18.0 Å². The maximum absolute atomic E-state index is 13.6. The molecule has 2 rings (SSSR count). The summed E-state index contributed by atoms with van der Waals surface area (Å²) in [7, 11) is -2.28. The van der Waals surface area contributed by atoms with Crippen LogP contribution in [-0.2, 0) is 26.2 Å². The van der Waals surface area contributed by atoms with Crippen molar-refractivity contribution in [2.24, 2.45) is 0 Å². The second-order valence-corrected chi connectivity index (χ2v) is 10.2. The molecule has 0 aliphatic rings. The van der Waals surface area contributed by atoms with E-state index >= 15 is 0 Å². The summed E-state index contributed by atoms with van der Waals surface area (Å²) in [4.78, 5) is 27.8. The van der Waals surface area contributed by atoms with Crippen molar-refractivity contribution in [2.75, 3.05) is 30.8 Å². The molecule has 0 aromatic heterocycles. The molecule has 0 radical (unpaired) electrons. The number of nitrogens with one attached hydrogen (secondary N) is 1. The molecule has 0 unspecified atom stereocenters. The Hall–Kier alpha value is -2.78. The fraction of sp³-hybridized carbons (Fsp3) is 0.417. The standard InChI is InChI=1S/C24H32ClN3O5S/c1-6-21(24(30)26-7-2)27(15-18-9-8-10-20(13-18)33-4)23(29)16-28(34(5,31)32)22-14-19(25)12-11-17(22)3/h8-14,21H,6-7,15-16H2,1-5H3,(H,26,30)/t21-/m1/s1. The summed E-state index contributed by atoms with van der Waals surface area (Å²) in [6, 6.07) is 11.3. The van der Waals surface area contributed by atoms with Crippen molar-refractivity contribution in [1.29, 1.82) is 0 Å². The van der Waals surface area contributed by atoms with Crippen molar-refractivity contribution in [1.82, 2.24) is 10.2 Å². The largest absolute Gasteiger partial charge is 0.497 e. The van der Waals surface area contributed by atoms with E-state index in [-0.39, 0.29) is 12.5 Å². The maximum atomic E-state index is 13.6. The van der Waals surface area contributed by atoms with E-state index in [1.807, 2.05) is 6.07 Å². The van der Waals surface area contributed by atoms with Gasteiger partial charge in [0.1, 0.15) is 18.3 Å². The summed E-state index contributed by atoms with van der Waals surface area (Å²) in [6.07, 6.45) is 1.39. The Balaban J connectivity index is 2.49. The lowest BCUT2D eigenvalue weighted by Crippen LogP contribution is -2.52. The highest BCUT2D eigenvalue weighted by Crippen LogP contribution is 2.27. The van der Waals surface area contributed by atoms with Gasteiger partial charge in [0.15, 0.2) is 0 Å². The number of amides is 2. The minimum absolute atomic E-state index is 0.109. The first-order valence-electron chi connectivity index (χ1n) is 11.0. The van der Waals surface area contributed by atoms with Crippen LogP contribution in [0.15, 0.2) is 42.5 Å². The second-order valence-electron chi connectivity index (χ2n) is 7.89. The molecule has 8 nitrogen and oxygen atoms in total. The number of rotatable bonds is 11. The van der Waals surface area contributed by atoms with Crippen LogP contribution in [0.1, 0.15) is 31.4 Å². The summed E-state index contributed by atoms with van der Waals surface area (Å²) in [6.45, 7) is 5.39. The Morgan fingerprint density at radius 1 is 1.15 bits per heavy atom. The summed E-state index contributed by atoms with van der Waals surface area (Å²) in [5, 5.41) is 3.12. The highest BCUT2D eigenvalue weighted by Gasteiger charge is 2.32. The van der Waals surface area contributed by atoms with E-state index < -0.39 is 28.5 Å². The van der Waals surface area contributed by atoms with Crippen LogP contribution in [-0.4, -0.2) is 57.6 Å². The number of likely N-dealkylation sites (N-methyl/N-ethyl adjacent to an activating group) is 1. The van der Waals surface area contributed by atoms with Crippen molar-refractivity contribution in [3.05, 3.63) is 58.6 Å². The van der Waals surface area contributed by atoms with E-state index in [1.54, 1.807) is 58.2 Å². The number of nitrogens with zero attached hydrogens (tertiary/aromatic N) is 2. The Morgan fingerprint density at radius 3 is 2.44 bits per heavy atom. The van der Waals surface area contributed by atoms with Gasteiger partial charge in [0, 0.05) is 18.1 Å². The van der Waals surface area contributed by atoms with Gasteiger partial charge in [-0.1, -0.05) is 36.7 Å². The summed E-state index contributed by atoms with van der Waals surface area (Å²) < 4.78 is 31.7. The summed E-state index contributed by atoms with van der Waals surface area (Å²) in [5.41, 5.74) is 1.72. The number of ether oxygens (including phenoxy) is 1. The van der Waals surface area contributed by atoms with Crippen LogP contribution < -0.4 is 14.4 Å². The van der Waals surface area contributed by atoms with Gasteiger partial charge < -0.3 is 15.0 Å². The number of methoxy groups -OCH3 is 1. The lowest BCUT2D eigenvalue weighted by Gasteiger charge is -2.33.